The van der Waals surface area contributed by atoms with Crippen molar-refractivity contribution in [3.63, 3.8) is 0 Å². The first-order valence-corrected chi connectivity index (χ1v) is 10.3. The fourth-order valence-electron chi connectivity index (χ4n) is 3.03. The summed E-state index contributed by atoms with van der Waals surface area (Å²) in [6.07, 6.45) is 0. The molecule has 1 aromatic heterocycles. The monoisotopic (exact) mass is 425 g/mol. The molecule has 0 aliphatic carbocycles. The predicted octanol–water partition coefficient (Wildman–Crippen LogP) is 1.51. The van der Waals surface area contributed by atoms with E-state index in [-0.39, 0.29) is 47.0 Å². The summed E-state index contributed by atoms with van der Waals surface area (Å²) in [5, 5.41) is 3.01. The van der Waals surface area contributed by atoms with Crippen molar-refractivity contribution in [2.75, 3.05) is 51.3 Å². The molecular weight excluding hydrogens is 398 g/mol. The van der Waals surface area contributed by atoms with Crippen LogP contribution in [0.5, 0.6) is 0 Å². The molecular formula is C19H27N3O6S. The lowest BCUT2D eigenvalue weighted by Crippen LogP contribution is -2.49. The second-order valence-corrected chi connectivity index (χ2v) is 7.55. The van der Waals surface area contributed by atoms with Crippen LogP contribution in [0, 0.1) is 6.92 Å². The SMILES string of the molecule is CCOC(=O)c1sc(NC(=O)CN2CCN(C(C)=O)CC2)c(C(=O)OCC)c1C. The number of carbonyl (C=O) groups is 4. The summed E-state index contributed by atoms with van der Waals surface area (Å²) < 4.78 is 10.1. The maximum Gasteiger partial charge on any atom is 0.348 e. The number of ether oxygens (including phenoxy) is 2. The normalized spacial score (nSPS) is 14.4. The number of amides is 2. The van der Waals surface area contributed by atoms with Gasteiger partial charge in [0.05, 0.1) is 25.3 Å². The molecule has 1 saturated heterocycles. The third-order valence-electron chi connectivity index (χ3n) is 4.52. The summed E-state index contributed by atoms with van der Waals surface area (Å²) in [5.41, 5.74) is 0.604. The molecule has 0 aromatic carbocycles. The maximum atomic E-state index is 12.5. The number of esters is 2. The lowest BCUT2D eigenvalue weighted by Gasteiger charge is -2.33. The Morgan fingerprint density at radius 1 is 1.00 bits per heavy atom. The van der Waals surface area contributed by atoms with E-state index in [2.05, 4.69) is 5.32 Å². The lowest BCUT2D eigenvalue weighted by atomic mass is 10.1. The highest BCUT2D eigenvalue weighted by Gasteiger charge is 2.28. The van der Waals surface area contributed by atoms with Crippen molar-refractivity contribution in [1.82, 2.24) is 9.80 Å². The van der Waals surface area contributed by atoms with Crippen LogP contribution in [0.3, 0.4) is 0 Å². The summed E-state index contributed by atoms with van der Waals surface area (Å²) in [6, 6.07) is 0. The van der Waals surface area contributed by atoms with Gasteiger partial charge in [0, 0.05) is 33.1 Å². The number of hydrogen-bond donors (Lipinski definition) is 1. The van der Waals surface area contributed by atoms with E-state index in [0.717, 1.165) is 11.3 Å². The minimum absolute atomic E-state index is 0.0220. The highest BCUT2D eigenvalue weighted by atomic mass is 32.1. The Morgan fingerprint density at radius 2 is 1.59 bits per heavy atom. The van der Waals surface area contributed by atoms with Crippen LogP contribution in [0.4, 0.5) is 5.00 Å². The molecule has 10 heteroatoms. The predicted molar refractivity (Wildman–Crippen MR) is 108 cm³/mol. The van der Waals surface area contributed by atoms with Crippen LogP contribution in [-0.2, 0) is 19.1 Å². The Hall–Kier alpha value is -2.46. The van der Waals surface area contributed by atoms with E-state index < -0.39 is 11.9 Å². The fraction of sp³-hybridized carbons (Fsp3) is 0.579. The molecule has 1 N–H and O–H groups in total. The number of piperazine rings is 1. The van der Waals surface area contributed by atoms with Gasteiger partial charge in [-0.15, -0.1) is 11.3 Å². The van der Waals surface area contributed by atoms with Gasteiger partial charge in [0.25, 0.3) is 0 Å². The first-order valence-electron chi connectivity index (χ1n) is 9.53. The van der Waals surface area contributed by atoms with Gasteiger partial charge in [-0.1, -0.05) is 0 Å². The molecule has 0 atom stereocenters. The van der Waals surface area contributed by atoms with Gasteiger partial charge in [-0.2, -0.15) is 0 Å². The van der Waals surface area contributed by atoms with Gasteiger partial charge in [0.1, 0.15) is 9.88 Å². The van der Waals surface area contributed by atoms with E-state index in [1.807, 2.05) is 4.90 Å². The third-order valence-corrected chi connectivity index (χ3v) is 5.71. The van der Waals surface area contributed by atoms with Crippen molar-refractivity contribution in [1.29, 1.82) is 0 Å². The summed E-state index contributed by atoms with van der Waals surface area (Å²) in [7, 11) is 0. The number of carbonyl (C=O) groups excluding carboxylic acids is 4. The van der Waals surface area contributed by atoms with Crippen LogP contribution in [0.25, 0.3) is 0 Å². The zero-order valence-electron chi connectivity index (χ0n) is 17.2. The third kappa shape index (κ3) is 5.77. The first-order chi connectivity index (χ1) is 13.8. The van der Waals surface area contributed by atoms with Crippen LogP contribution in [0.2, 0.25) is 0 Å². The van der Waals surface area contributed by atoms with Crippen molar-refractivity contribution in [3.8, 4) is 0 Å². The zero-order chi connectivity index (χ0) is 21.6. The molecule has 0 radical (unpaired) electrons. The molecule has 0 spiro atoms. The van der Waals surface area contributed by atoms with Crippen LogP contribution in [0.15, 0.2) is 0 Å². The second-order valence-electron chi connectivity index (χ2n) is 6.53. The molecule has 0 bridgehead atoms. The van der Waals surface area contributed by atoms with Crippen LogP contribution in [0.1, 0.15) is 46.4 Å². The van der Waals surface area contributed by atoms with E-state index in [4.69, 9.17) is 9.47 Å². The summed E-state index contributed by atoms with van der Waals surface area (Å²) >= 11 is 1.00. The fourth-order valence-corrected chi connectivity index (χ4v) is 4.14. The quantitative estimate of drug-likeness (QED) is 0.660. The average Bonchev–Trinajstić information content (AvgIpc) is 2.98. The summed E-state index contributed by atoms with van der Waals surface area (Å²) in [4.78, 5) is 52.5. The number of nitrogens with one attached hydrogen (secondary N) is 1. The molecule has 1 aliphatic rings. The molecule has 0 saturated carbocycles. The molecule has 160 valence electrons. The molecule has 1 fully saturated rings. The van der Waals surface area contributed by atoms with Crippen molar-refractivity contribution < 1.29 is 28.7 Å². The maximum absolute atomic E-state index is 12.5. The molecule has 1 aliphatic heterocycles. The van der Waals surface area contributed by atoms with E-state index >= 15 is 0 Å². The van der Waals surface area contributed by atoms with E-state index in [0.29, 0.717) is 31.7 Å². The Balaban J connectivity index is 2.12. The number of nitrogens with zero attached hydrogens (tertiary/aromatic N) is 2. The van der Waals surface area contributed by atoms with E-state index in [1.165, 1.54) is 6.92 Å². The Labute approximate surface area is 173 Å². The minimum Gasteiger partial charge on any atom is -0.462 e. The molecule has 29 heavy (non-hydrogen) atoms. The number of rotatable bonds is 7. The molecule has 1 aromatic rings. The van der Waals surface area contributed by atoms with Crippen LogP contribution < -0.4 is 5.32 Å². The van der Waals surface area contributed by atoms with Gasteiger partial charge in [0.15, 0.2) is 0 Å². The Bertz CT molecular complexity index is 783. The van der Waals surface area contributed by atoms with E-state index in [9.17, 15) is 19.2 Å². The molecule has 9 nitrogen and oxygen atoms in total. The number of thiophene rings is 1. The van der Waals surface area contributed by atoms with Crippen molar-refractivity contribution in [2.24, 2.45) is 0 Å². The van der Waals surface area contributed by atoms with Crippen LogP contribution in [-0.4, -0.2) is 79.5 Å². The van der Waals surface area contributed by atoms with Crippen molar-refractivity contribution >= 4 is 40.1 Å². The van der Waals surface area contributed by atoms with Gasteiger partial charge in [-0.05, 0) is 26.3 Å². The van der Waals surface area contributed by atoms with Gasteiger partial charge in [0.2, 0.25) is 11.8 Å². The number of anilines is 1. The first kappa shape index (κ1) is 22.8. The topological polar surface area (TPSA) is 105 Å². The zero-order valence-corrected chi connectivity index (χ0v) is 18.0. The average molecular weight is 426 g/mol. The highest BCUT2D eigenvalue weighted by Crippen LogP contribution is 2.34. The van der Waals surface area contributed by atoms with Crippen LogP contribution >= 0.6 is 11.3 Å². The smallest absolute Gasteiger partial charge is 0.348 e. The molecule has 2 heterocycles. The van der Waals surface area contributed by atoms with Gasteiger partial charge >= 0.3 is 11.9 Å². The molecule has 0 unspecified atom stereocenters. The number of hydrogen-bond acceptors (Lipinski definition) is 8. The standard InChI is InChI=1S/C19H27N3O6S/c1-5-27-18(25)15-12(3)16(19(26)28-6-2)29-17(15)20-14(24)11-21-7-9-22(10-8-21)13(4)23/h5-11H2,1-4H3,(H,20,24). The Morgan fingerprint density at radius 3 is 2.14 bits per heavy atom. The van der Waals surface area contributed by atoms with Crippen molar-refractivity contribution in [2.45, 2.75) is 27.7 Å². The lowest BCUT2D eigenvalue weighted by molar-refractivity contribution is -0.130. The summed E-state index contributed by atoms with van der Waals surface area (Å²) in [5.74, 6) is -1.42. The van der Waals surface area contributed by atoms with Gasteiger partial charge in [-0.3, -0.25) is 14.5 Å². The van der Waals surface area contributed by atoms with Gasteiger partial charge < -0.3 is 19.7 Å². The van der Waals surface area contributed by atoms with Gasteiger partial charge in [-0.25, -0.2) is 9.59 Å². The van der Waals surface area contributed by atoms with Crippen molar-refractivity contribution in [3.05, 3.63) is 16.0 Å². The largest absolute Gasteiger partial charge is 0.462 e. The highest BCUT2D eigenvalue weighted by molar-refractivity contribution is 7.18. The summed E-state index contributed by atoms with van der Waals surface area (Å²) in [6.45, 7) is 9.38. The minimum atomic E-state index is -0.595. The van der Waals surface area contributed by atoms with E-state index in [1.54, 1.807) is 25.7 Å². The second kappa shape index (κ2) is 10.4. The molecule has 2 amide bonds. The Kier molecular flexibility index (Phi) is 8.15. The molecule has 2 rings (SSSR count).